The Morgan fingerprint density at radius 2 is 1.86 bits per heavy atom. The number of benzene rings is 2. The van der Waals surface area contributed by atoms with Crippen molar-refractivity contribution in [3.05, 3.63) is 77.5 Å². The molecule has 1 atom stereocenters. The number of nitrogens with zero attached hydrogens (tertiary/aromatic N) is 2. The third-order valence-corrected chi connectivity index (χ3v) is 4.53. The number of aromatic amines is 1. The minimum absolute atomic E-state index is 0.0390. The number of H-pyrrole nitrogens is 1. The Kier molecular flexibility index (Phi) is 4.95. The molecule has 0 saturated heterocycles. The zero-order valence-corrected chi connectivity index (χ0v) is 15.8. The lowest BCUT2D eigenvalue weighted by Gasteiger charge is -2.13. The molecule has 2 aromatic heterocycles. The molecule has 4 aromatic rings. The van der Waals surface area contributed by atoms with Crippen LogP contribution in [0.1, 0.15) is 6.92 Å². The van der Waals surface area contributed by atoms with E-state index in [1.807, 2.05) is 72.3 Å². The first-order chi connectivity index (χ1) is 13.7. The molecule has 0 radical (unpaired) electrons. The van der Waals surface area contributed by atoms with Crippen molar-refractivity contribution in [2.24, 2.45) is 0 Å². The summed E-state index contributed by atoms with van der Waals surface area (Å²) in [6.07, 6.45) is 3.34. The average molecular weight is 375 g/mol. The summed E-state index contributed by atoms with van der Waals surface area (Å²) in [5, 5.41) is 0.563. The summed E-state index contributed by atoms with van der Waals surface area (Å²) in [5.41, 5.74) is 3.16. The molecule has 2 heterocycles. The molecule has 2 aromatic carbocycles. The lowest BCUT2D eigenvalue weighted by Crippen LogP contribution is -2.17. The van der Waals surface area contributed by atoms with Gasteiger partial charge in [0.1, 0.15) is 11.9 Å². The van der Waals surface area contributed by atoms with Crippen molar-refractivity contribution in [1.29, 1.82) is 0 Å². The van der Waals surface area contributed by atoms with Gasteiger partial charge in [0.05, 0.1) is 18.3 Å². The average Bonchev–Trinajstić information content (AvgIpc) is 3.10. The van der Waals surface area contributed by atoms with Crippen molar-refractivity contribution in [3.8, 4) is 22.6 Å². The van der Waals surface area contributed by atoms with E-state index in [1.165, 1.54) is 6.33 Å². The molecule has 6 nitrogen and oxygen atoms in total. The molecule has 1 N–H and O–H groups in total. The zero-order chi connectivity index (χ0) is 19.5. The molecule has 28 heavy (non-hydrogen) atoms. The summed E-state index contributed by atoms with van der Waals surface area (Å²) < 4.78 is 12.9. The van der Waals surface area contributed by atoms with E-state index < -0.39 is 0 Å². The monoisotopic (exact) mass is 375 g/mol. The fourth-order valence-corrected chi connectivity index (χ4v) is 3.29. The Morgan fingerprint density at radius 1 is 1.11 bits per heavy atom. The Bertz CT molecular complexity index is 1130. The quantitative estimate of drug-likeness (QED) is 0.557. The Labute approximate surface area is 162 Å². The van der Waals surface area contributed by atoms with Gasteiger partial charge in [-0.15, -0.1) is 0 Å². The van der Waals surface area contributed by atoms with Crippen LogP contribution in [0, 0.1) is 0 Å². The first-order valence-electron chi connectivity index (χ1n) is 9.07. The van der Waals surface area contributed by atoms with Crippen LogP contribution in [-0.4, -0.2) is 34.4 Å². The van der Waals surface area contributed by atoms with Crippen LogP contribution in [0.25, 0.3) is 27.8 Å². The Morgan fingerprint density at radius 3 is 2.57 bits per heavy atom. The molecular weight excluding hydrogens is 354 g/mol. The summed E-state index contributed by atoms with van der Waals surface area (Å²) in [7, 11) is 1.65. The van der Waals surface area contributed by atoms with Crippen molar-refractivity contribution in [2.45, 2.75) is 13.0 Å². The van der Waals surface area contributed by atoms with Gasteiger partial charge in [0.15, 0.2) is 5.65 Å². The summed E-state index contributed by atoms with van der Waals surface area (Å²) in [6, 6.07) is 17.6. The number of methoxy groups -OCH3 is 1. The van der Waals surface area contributed by atoms with E-state index in [-0.39, 0.29) is 11.7 Å². The molecule has 0 fully saturated rings. The second kappa shape index (κ2) is 7.70. The van der Waals surface area contributed by atoms with Gasteiger partial charge in [0.25, 0.3) is 5.56 Å². The van der Waals surface area contributed by atoms with Gasteiger partial charge in [-0.2, -0.15) is 0 Å². The number of para-hydroxylation sites is 1. The first-order valence-corrected chi connectivity index (χ1v) is 9.07. The number of hydrogen-bond acceptors (Lipinski definition) is 4. The van der Waals surface area contributed by atoms with Crippen LogP contribution >= 0.6 is 0 Å². The molecule has 0 spiro atoms. The highest BCUT2D eigenvalue weighted by atomic mass is 16.5. The van der Waals surface area contributed by atoms with Crippen LogP contribution in [0.15, 0.2) is 71.9 Å². The van der Waals surface area contributed by atoms with E-state index in [9.17, 15) is 4.79 Å². The third kappa shape index (κ3) is 3.42. The number of nitrogens with one attached hydrogen (secondary N) is 1. The summed E-state index contributed by atoms with van der Waals surface area (Å²) in [6.45, 7) is 2.48. The molecule has 0 aliphatic carbocycles. The largest absolute Gasteiger partial charge is 0.488 e. The van der Waals surface area contributed by atoms with E-state index in [4.69, 9.17) is 9.47 Å². The van der Waals surface area contributed by atoms with Crippen molar-refractivity contribution in [1.82, 2.24) is 14.5 Å². The maximum atomic E-state index is 12.6. The molecule has 4 rings (SSSR count). The number of ether oxygens (including phenoxy) is 2. The molecule has 0 aliphatic heterocycles. The molecular formula is C22H21N3O3. The highest BCUT2D eigenvalue weighted by Crippen LogP contribution is 2.30. The van der Waals surface area contributed by atoms with Crippen molar-refractivity contribution in [2.75, 3.05) is 13.7 Å². The van der Waals surface area contributed by atoms with Crippen molar-refractivity contribution >= 4 is 11.0 Å². The van der Waals surface area contributed by atoms with Gasteiger partial charge in [0.2, 0.25) is 0 Å². The van der Waals surface area contributed by atoms with E-state index in [1.54, 1.807) is 7.11 Å². The number of hydrogen-bond donors (Lipinski definition) is 1. The first kappa shape index (κ1) is 18.0. The molecule has 0 unspecified atom stereocenters. The van der Waals surface area contributed by atoms with Gasteiger partial charge in [-0.1, -0.05) is 30.3 Å². The van der Waals surface area contributed by atoms with Crippen LogP contribution in [-0.2, 0) is 4.74 Å². The predicted molar refractivity (Wildman–Crippen MR) is 109 cm³/mol. The van der Waals surface area contributed by atoms with Crippen LogP contribution < -0.4 is 10.3 Å². The minimum Gasteiger partial charge on any atom is -0.488 e. The lowest BCUT2D eigenvalue weighted by atomic mass is 10.1. The van der Waals surface area contributed by atoms with Crippen LogP contribution in [0.3, 0.4) is 0 Å². The normalized spacial score (nSPS) is 12.2. The van der Waals surface area contributed by atoms with E-state index in [2.05, 4.69) is 9.97 Å². The van der Waals surface area contributed by atoms with E-state index in [0.717, 1.165) is 22.6 Å². The summed E-state index contributed by atoms with van der Waals surface area (Å²) >= 11 is 0. The maximum absolute atomic E-state index is 12.6. The second-order valence-corrected chi connectivity index (χ2v) is 6.59. The van der Waals surface area contributed by atoms with Crippen molar-refractivity contribution in [3.63, 3.8) is 0 Å². The fourth-order valence-electron chi connectivity index (χ4n) is 3.29. The van der Waals surface area contributed by atoms with Gasteiger partial charge < -0.3 is 19.0 Å². The van der Waals surface area contributed by atoms with Gasteiger partial charge in [0, 0.05) is 24.6 Å². The summed E-state index contributed by atoms with van der Waals surface area (Å²) in [4.78, 5) is 19.6. The highest BCUT2D eigenvalue weighted by molar-refractivity contribution is 5.94. The fraction of sp³-hybridized carbons (Fsp3) is 0.182. The Balaban J connectivity index is 1.78. The molecule has 142 valence electrons. The summed E-state index contributed by atoms with van der Waals surface area (Å²) in [5.74, 6) is 0.757. The van der Waals surface area contributed by atoms with E-state index in [0.29, 0.717) is 17.6 Å². The van der Waals surface area contributed by atoms with Crippen LogP contribution in [0.2, 0.25) is 0 Å². The lowest BCUT2D eigenvalue weighted by molar-refractivity contribution is 0.0921. The number of rotatable bonds is 6. The van der Waals surface area contributed by atoms with E-state index >= 15 is 0 Å². The molecule has 6 heteroatoms. The minimum atomic E-state index is -0.163. The van der Waals surface area contributed by atoms with Gasteiger partial charge in [-0.05, 0) is 36.8 Å². The third-order valence-electron chi connectivity index (χ3n) is 4.53. The number of aromatic nitrogens is 3. The van der Waals surface area contributed by atoms with Crippen molar-refractivity contribution < 1.29 is 9.47 Å². The Hall–Kier alpha value is -3.38. The topological polar surface area (TPSA) is 69.1 Å². The van der Waals surface area contributed by atoms with Crippen LogP contribution in [0.4, 0.5) is 0 Å². The maximum Gasteiger partial charge on any atom is 0.260 e. The van der Waals surface area contributed by atoms with Gasteiger partial charge in [-0.25, -0.2) is 4.98 Å². The molecule has 0 bridgehead atoms. The standard InChI is InChI=1S/C22H21N3O3/c1-15(13-27-2)28-18-10-8-16(9-11-18)19-12-25(17-6-4-3-5-7-17)21-20(19)22(26)24-14-23-21/h3-12,14-15H,13H2,1-2H3,(H,23,24,26)/t15-/m1/s1. The SMILES string of the molecule is COC[C@@H](C)Oc1ccc(-c2cn(-c3ccccc3)c3nc[nH]c(=O)c23)cc1. The number of fused-ring (bicyclic) bond motifs is 1. The second-order valence-electron chi connectivity index (χ2n) is 6.59. The van der Waals surface area contributed by atoms with Crippen LogP contribution in [0.5, 0.6) is 5.75 Å². The predicted octanol–water partition coefficient (Wildman–Crippen LogP) is 3.79. The molecule has 0 amide bonds. The zero-order valence-electron chi connectivity index (χ0n) is 15.8. The molecule has 0 saturated carbocycles. The smallest absolute Gasteiger partial charge is 0.260 e. The van der Waals surface area contributed by atoms with Gasteiger partial charge in [-0.3, -0.25) is 4.79 Å². The van der Waals surface area contributed by atoms with Gasteiger partial charge >= 0.3 is 0 Å². The molecule has 0 aliphatic rings. The highest BCUT2D eigenvalue weighted by Gasteiger charge is 2.16.